The van der Waals surface area contributed by atoms with Crippen LogP contribution >= 0.6 is 0 Å². The SMILES string of the molecule is CN1CCC(N)C1c1ccc2ncccc2c1. The Bertz CT molecular complexity index is 528. The Hall–Kier alpha value is -1.45. The highest BCUT2D eigenvalue weighted by molar-refractivity contribution is 5.79. The molecule has 1 fully saturated rings. The Morgan fingerprint density at radius 3 is 3.00 bits per heavy atom. The van der Waals surface area contributed by atoms with Gasteiger partial charge in [0.2, 0.25) is 0 Å². The normalized spacial score (nSPS) is 25.5. The highest BCUT2D eigenvalue weighted by atomic mass is 15.2. The van der Waals surface area contributed by atoms with Gasteiger partial charge in [-0.25, -0.2) is 0 Å². The lowest BCUT2D eigenvalue weighted by Gasteiger charge is -2.23. The monoisotopic (exact) mass is 227 g/mol. The number of rotatable bonds is 1. The summed E-state index contributed by atoms with van der Waals surface area (Å²) < 4.78 is 0. The molecule has 0 spiro atoms. The molecule has 3 nitrogen and oxygen atoms in total. The Morgan fingerprint density at radius 1 is 1.35 bits per heavy atom. The van der Waals surface area contributed by atoms with Gasteiger partial charge in [0.1, 0.15) is 0 Å². The van der Waals surface area contributed by atoms with Crippen LogP contribution in [0, 0.1) is 0 Å². The van der Waals surface area contributed by atoms with Gasteiger partial charge in [0.25, 0.3) is 0 Å². The van der Waals surface area contributed by atoms with Crippen molar-refractivity contribution in [3.63, 3.8) is 0 Å². The molecule has 0 saturated carbocycles. The number of nitrogens with zero attached hydrogens (tertiary/aromatic N) is 2. The standard InChI is InChI=1S/C14H17N3/c1-17-8-6-12(15)14(17)11-4-5-13-10(9-11)3-2-7-16-13/h2-5,7,9,12,14H,6,8,15H2,1H3. The molecular weight excluding hydrogens is 210 g/mol. The molecule has 2 atom stereocenters. The van der Waals surface area contributed by atoms with Crippen molar-refractivity contribution in [2.24, 2.45) is 5.73 Å². The van der Waals surface area contributed by atoms with Gasteiger partial charge in [-0.2, -0.15) is 0 Å². The molecule has 2 N–H and O–H groups in total. The van der Waals surface area contributed by atoms with Crippen LogP contribution in [0.15, 0.2) is 36.5 Å². The van der Waals surface area contributed by atoms with Crippen molar-refractivity contribution in [1.29, 1.82) is 0 Å². The number of hydrogen-bond acceptors (Lipinski definition) is 3. The van der Waals surface area contributed by atoms with Crippen LogP contribution in [0.4, 0.5) is 0 Å². The molecule has 1 aromatic carbocycles. The third kappa shape index (κ3) is 1.81. The van der Waals surface area contributed by atoms with Crippen molar-refractivity contribution >= 4 is 10.9 Å². The van der Waals surface area contributed by atoms with Crippen LogP contribution in [0.1, 0.15) is 18.0 Å². The number of nitrogens with two attached hydrogens (primary N) is 1. The lowest BCUT2D eigenvalue weighted by molar-refractivity contribution is 0.304. The van der Waals surface area contributed by atoms with Gasteiger partial charge in [-0.1, -0.05) is 12.1 Å². The van der Waals surface area contributed by atoms with Crippen molar-refractivity contribution in [2.45, 2.75) is 18.5 Å². The number of benzene rings is 1. The summed E-state index contributed by atoms with van der Waals surface area (Å²) in [4.78, 5) is 6.68. The maximum absolute atomic E-state index is 6.19. The first-order chi connectivity index (χ1) is 8.25. The molecule has 2 unspecified atom stereocenters. The van der Waals surface area contributed by atoms with Gasteiger partial charge in [-0.15, -0.1) is 0 Å². The molecule has 17 heavy (non-hydrogen) atoms. The van der Waals surface area contributed by atoms with E-state index >= 15 is 0 Å². The smallest absolute Gasteiger partial charge is 0.0702 e. The van der Waals surface area contributed by atoms with E-state index in [0.717, 1.165) is 18.5 Å². The molecule has 0 bridgehead atoms. The number of pyridine rings is 1. The summed E-state index contributed by atoms with van der Waals surface area (Å²) in [5, 5.41) is 1.19. The Morgan fingerprint density at radius 2 is 2.24 bits per heavy atom. The lowest BCUT2D eigenvalue weighted by atomic mass is 9.99. The maximum Gasteiger partial charge on any atom is 0.0702 e. The van der Waals surface area contributed by atoms with Gasteiger partial charge < -0.3 is 5.73 Å². The molecule has 1 aromatic heterocycles. The van der Waals surface area contributed by atoms with Gasteiger partial charge in [0, 0.05) is 30.2 Å². The van der Waals surface area contributed by atoms with Crippen molar-refractivity contribution in [3.05, 3.63) is 42.1 Å². The first-order valence-electron chi connectivity index (χ1n) is 6.06. The van der Waals surface area contributed by atoms with Crippen LogP contribution in [0.25, 0.3) is 10.9 Å². The topological polar surface area (TPSA) is 42.1 Å². The molecule has 0 radical (unpaired) electrons. The second-order valence-corrected chi connectivity index (χ2v) is 4.83. The number of fused-ring (bicyclic) bond motifs is 1. The fourth-order valence-corrected chi connectivity index (χ4v) is 2.76. The fourth-order valence-electron chi connectivity index (χ4n) is 2.76. The van der Waals surface area contributed by atoms with Crippen molar-refractivity contribution < 1.29 is 0 Å². The second kappa shape index (κ2) is 4.09. The molecule has 3 heteroatoms. The van der Waals surface area contributed by atoms with Gasteiger partial charge in [0.05, 0.1) is 5.52 Å². The largest absolute Gasteiger partial charge is 0.326 e. The summed E-state index contributed by atoms with van der Waals surface area (Å²) in [6, 6.07) is 11.1. The zero-order valence-electron chi connectivity index (χ0n) is 10.0. The van der Waals surface area contributed by atoms with Crippen LogP contribution in [0.2, 0.25) is 0 Å². The van der Waals surface area contributed by atoms with Crippen LogP contribution in [0.3, 0.4) is 0 Å². The summed E-state index contributed by atoms with van der Waals surface area (Å²) in [7, 11) is 2.14. The van der Waals surface area contributed by atoms with E-state index in [1.807, 2.05) is 12.3 Å². The zero-order valence-corrected chi connectivity index (χ0v) is 10.0. The fraction of sp³-hybridized carbons (Fsp3) is 0.357. The third-order valence-corrected chi connectivity index (χ3v) is 3.66. The van der Waals surface area contributed by atoms with E-state index in [1.54, 1.807) is 0 Å². The first kappa shape index (κ1) is 10.7. The highest BCUT2D eigenvalue weighted by Gasteiger charge is 2.30. The number of hydrogen-bond donors (Lipinski definition) is 1. The molecule has 88 valence electrons. The predicted molar refractivity (Wildman–Crippen MR) is 69.7 cm³/mol. The average Bonchev–Trinajstić information content (AvgIpc) is 2.68. The number of aromatic nitrogens is 1. The van der Waals surface area contributed by atoms with Crippen molar-refractivity contribution in [1.82, 2.24) is 9.88 Å². The van der Waals surface area contributed by atoms with Gasteiger partial charge in [0.15, 0.2) is 0 Å². The highest BCUT2D eigenvalue weighted by Crippen LogP contribution is 2.30. The van der Waals surface area contributed by atoms with Crippen molar-refractivity contribution in [3.8, 4) is 0 Å². The predicted octanol–water partition coefficient (Wildman–Crippen LogP) is 1.94. The molecule has 0 aliphatic carbocycles. The van der Waals surface area contributed by atoms with Gasteiger partial charge >= 0.3 is 0 Å². The summed E-state index contributed by atoms with van der Waals surface area (Å²) >= 11 is 0. The minimum atomic E-state index is 0.245. The summed E-state index contributed by atoms with van der Waals surface area (Å²) in [5.74, 6) is 0. The van der Waals surface area contributed by atoms with E-state index in [1.165, 1.54) is 10.9 Å². The van der Waals surface area contributed by atoms with Gasteiger partial charge in [-0.3, -0.25) is 9.88 Å². The maximum atomic E-state index is 6.19. The number of likely N-dealkylation sites (tertiary alicyclic amines) is 1. The molecule has 1 aliphatic heterocycles. The minimum absolute atomic E-state index is 0.245. The van der Waals surface area contributed by atoms with E-state index < -0.39 is 0 Å². The summed E-state index contributed by atoms with van der Waals surface area (Å²) in [6.45, 7) is 1.08. The van der Waals surface area contributed by atoms with E-state index in [9.17, 15) is 0 Å². The van der Waals surface area contributed by atoms with E-state index in [4.69, 9.17) is 5.73 Å². The van der Waals surface area contributed by atoms with Crippen LogP contribution in [-0.4, -0.2) is 29.5 Å². The second-order valence-electron chi connectivity index (χ2n) is 4.83. The summed E-state index contributed by atoms with van der Waals surface area (Å²) in [5.41, 5.74) is 8.54. The van der Waals surface area contributed by atoms with E-state index in [0.29, 0.717) is 6.04 Å². The number of likely N-dealkylation sites (N-methyl/N-ethyl adjacent to an activating group) is 1. The van der Waals surface area contributed by atoms with Crippen LogP contribution in [0.5, 0.6) is 0 Å². The van der Waals surface area contributed by atoms with Crippen LogP contribution in [-0.2, 0) is 0 Å². The van der Waals surface area contributed by atoms with E-state index in [-0.39, 0.29) is 6.04 Å². The molecular formula is C14H17N3. The van der Waals surface area contributed by atoms with Crippen LogP contribution < -0.4 is 5.73 Å². The molecule has 1 aliphatic rings. The van der Waals surface area contributed by atoms with Gasteiger partial charge in [-0.05, 0) is 37.2 Å². The lowest BCUT2D eigenvalue weighted by Crippen LogP contribution is -2.29. The van der Waals surface area contributed by atoms with E-state index in [2.05, 4.69) is 41.2 Å². The molecule has 0 amide bonds. The Labute approximate surface area is 101 Å². The quantitative estimate of drug-likeness (QED) is 0.809. The molecule has 2 aromatic rings. The summed E-state index contributed by atoms with van der Waals surface area (Å²) in [6.07, 6.45) is 2.90. The molecule has 2 heterocycles. The van der Waals surface area contributed by atoms with Crippen molar-refractivity contribution in [2.75, 3.05) is 13.6 Å². The Kier molecular flexibility index (Phi) is 2.57. The first-order valence-corrected chi connectivity index (χ1v) is 6.06. The minimum Gasteiger partial charge on any atom is -0.326 e. The molecule has 3 rings (SSSR count). The zero-order chi connectivity index (χ0) is 11.8. The molecule has 1 saturated heterocycles. The average molecular weight is 227 g/mol. The Balaban J connectivity index is 2.05. The third-order valence-electron chi connectivity index (χ3n) is 3.66.